The number of hydrogen-bond donors (Lipinski definition) is 0. The molecule has 0 aliphatic carbocycles. The second-order valence-electron chi connectivity index (χ2n) is 10.8. The number of methoxy groups -OCH3 is 2. The minimum absolute atomic E-state index is 0.0765. The van der Waals surface area contributed by atoms with Crippen LogP contribution in [0, 0.1) is 0 Å². The zero-order chi connectivity index (χ0) is 34.1. The molecule has 0 saturated heterocycles. The maximum Gasteiger partial charge on any atom is 0.433 e. The molecule has 0 saturated carbocycles. The molecule has 2 heterocycles. The van der Waals surface area contributed by atoms with E-state index >= 15 is 0 Å². The van der Waals surface area contributed by atoms with E-state index in [1.54, 1.807) is 25.1 Å². The Morgan fingerprint density at radius 2 is 1.56 bits per heavy atom. The molecule has 0 radical (unpaired) electrons. The van der Waals surface area contributed by atoms with Crippen LogP contribution in [0.1, 0.15) is 41.8 Å². The number of benzene rings is 3. The Morgan fingerprint density at radius 3 is 2.23 bits per heavy atom. The number of ether oxygens (including phenoxy) is 3. The molecule has 3 aromatic carbocycles. The van der Waals surface area contributed by atoms with Gasteiger partial charge in [0.2, 0.25) is 0 Å². The number of aromatic nitrogens is 3. The predicted octanol–water partition coefficient (Wildman–Crippen LogP) is 8.19. The third-order valence-electron chi connectivity index (χ3n) is 7.66. The fourth-order valence-corrected chi connectivity index (χ4v) is 6.68. The predicted molar refractivity (Wildman–Crippen MR) is 183 cm³/mol. The Kier molecular flexibility index (Phi) is 11.5. The summed E-state index contributed by atoms with van der Waals surface area (Å²) in [5.74, 6) is 1.51. The van der Waals surface area contributed by atoms with Crippen LogP contribution >= 0.6 is 10.5 Å². The van der Waals surface area contributed by atoms with Gasteiger partial charge in [0.1, 0.15) is 5.69 Å². The molecule has 0 bridgehead atoms. The molecule has 0 spiro atoms. The van der Waals surface area contributed by atoms with Crippen molar-refractivity contribution < 1.29 is 27.4 Å². The molecule has 5 rings (SSSR count). The lowest BCUT2D eigenvalue weighted by Crippen LogP contribution is -2.19. The zero-order valence-electron chi connectivity index (χ0n) is 26.8. The van der Waals surface area contributed by atoms with E-state index in [0.717, 1.165) is 22.8 Å². The fraction of sp³-hybridized carbons (Fsp3) is 0.243. The van der Waals surface area contributed by atoms with Crippen LogP contribution < -0.4 is 15.0 Å². The molecule has 0 amide bonds. The van der Waals surface area contributed by atoms with Crippen LogP contribution in [-0.2, 0) is 24.1 Å². The smallest absolute Gasteiger partial charge is 0.433 e. The summed E-state index contributed by atoms with van der Waals surface area (Å²) in [6, 6.07) is 28.6. The van der Waals surface area contributed by atoms with Crippen LogP contribution in [0.15, 0.2) is 113 Å². The number of pyridine rings is 1. The fourth-order valence-electron chi connectivity index (χ4n) is 5.15. The quantitative estimate of drug-likeness (QED) is 0.0926. The molecule has 0 fully saturated rings. The normalized spacial score (nSPS) is 12.9. The van der Waals surface area contributed by atoms with Crippen molar-refractivity contribution in [3.05, 3.63) is 136 Å². The van der Waals surface area contributed by atoms with Crippen LogP contribution in [0.3, 0.4) is 0 Å². The Bertz CT molecular complexity index is 1920. The summed E-state index contributed by atoms with van der Waals surface area (Å²) in [7, 11) is 2.21. The molecule has 11 heteroatoms. The summed E-state index contributed by atoms with van der Waals surface area (Å²) >= 11 is 0. The molecule has 5 aromatic rings. The van der Waals surface area contributed by atoms with Gasteiger partial charge in [-0.05, 0) is 60.1 Å². The van der Waals surface area contributed by atoms with E-state index in [-0.39, 0.29) is 29.1 Å². The number of halogens is 3. The first-order valence-corrected chi connectivity index (χ1v) is 16.7. The highest BCUT2D eigenvalue weighted by Crippen LogP contribution is 2.35. The SMILES string of the molecule is C/C=S(/CCC(OCc1ccccc1)c1ccccc1)c1nc(-c2ccc(=O)n(Cc3ccc(OC)c(OC)c3)c2)cc(C(F)(F)F)n1. The maximum atomic E-state index is 14.2. The lowest BCUT2D eigenvalue weighted by atomic mass is 10.1. The molecule has 0 aliphatic heterocycles. The molecule has 2 atom stereocenters. The summed E-state index contributed by atoms with van der Waals surface area (Å²) in [6.07, 6.45) is -2.93. The lowest BCUT2D eigenvalue weighted by molar-refractivity contribution is -0.141. The van der Waals surface area contributed by atoms with Crippen LogP contribution in [0.4, 0.5) is 13.2 Å². The number of nitrogens with zero attached hydrogens (tertiary/aromatic N) is 3. The van der Waals surface area contributed by atoms with Crippen molar-refractivity contribution in [2.24, 2.45) is 0 Å². The van der Waals surface area contributed by atoms with Gasteiger partial charge < -0.3 is 18.8 Å². The van der Waals surface area contributed by atoms with Crippen LogP contribution in [-0.4, -0.2) is 39.9 Å². The first-order chi connectivity index (χ1) is 23.2. The number of hydrogen-bond acceptors (Lipinski definition) is 6. The highest BCUT2D eigenvalue weighted by Gasteiger charge is 2.34. The number of alkyl halides is 3. The van der Waals surface area contributed by atoms with Crippen LogP contribution in [0.25, 0.3) is 11.3 Å². The second-order valence-corrected chi connectivity index (χ2v) is 12.9. The monoisotopic (exact) mass is 675 g/mol. The van der Waals surface area contributed by atoms with Gasteiger partial charge in [-0.2, -0.15) is 13.2 Å². The van der Waals surface area contributed by atoms with Gasteiger partial charge in [0.15, 0.2) is 16.7 Å². The summed E-state index contributed by atoms with van der Waals surface area (Å²) < 4.78 is 61.0. The van der Waals surface area contributed by atoms with Crippen molar-refractivity contribution in [2.45, 2.75) is 43.9 Å². The third kappa shape index (κ3) is 8.78. The van der Waals surface area contributed by atoms with Crippen molar-refractivity contribution >= 4 is 15.9 Å². The molecule has 2 unspecified atom stereocenters. The summed E-state index contributed by atoms with van der Waals surface area (Å²) in [6.45, 7) is 2.36. The minimum Gasteiger partial charge on any atom is -0.493 e. The molecule has 250 valence electrons. The van der Waals surface area contributed by atoms with Crippen molar-refractivity contribution in [1.82, 2.24) is 14.5 Å². The van der Waals surface area contributed by atoms with Crippen LogP contribution in [0.5, 0.6) is 11.5 Å². The Labute approximate surface area is 279 Å². The molecular formula is C37H36F3N3O4S. The summed E-state index contributed by atoms with van der Waals surface area (Å²) in [5, 5.41) is 1.92. The Balaban J connectivity index is 1.44. The topological polar surface area (TPSA) is 75.5 Å². The standard InChI is InChI=1S/C37H36F3N3O4S/c1-4-48(20-19-31(28-13-9-6-10-14-28)47-25-26-11-7-5-8-12-26)36-41-30(22-34(42-36)37(38,39)40)29-16-18-35(44)43(24-29)23-27-15-17-32(45-2)33(21-27)46-3/h4-18,21-22,24,31H,19-20,23,25H2,1-3H3. The largest absolute Gasteiger partial charge is 0.493 e. The maximum absolute atomic E-state index is 14.2. The van der Waals surface area contributed by atoms with Gasteiger partial charge in [-0.3, -0.25) is 4.79 Å². The van der Waals surface area contributed by atoms with E-state index in [0.29, 0.717) is 35.8 Å². The van der Waals surface area contributed by atoms with E-state index in [1.165, 1.54) is 37.1 Å². The highest BCUT2D eigenvalue weighted by molar-refractivity contribution is 8.14. The van der Waals surface area contributed by atoms with Gasteiger partial charge in [0.05, 0.1) is 39.2 Å². The average molecular weight is 676 g/mol. The number of rotatable bonds is 13. The van der Waals surface area contributed by atoms with Gasteiger partial charge in [0, 0.05) is 17.8 Å². The first kappa shape index (κ1) is 34.6. The van der Waals surface area contributed by atoms with E-state index < -0.39 is 22.4 Å². The van der Waals surface area contributed by atoms with Gasteiger partial charge in [0.25, 0.3) is 5.56 Å². The van der Waals surface area contributed by atoms with Crippen molar-refractivity contribution in [1.29, 1.82) is 0 Å². The molecule has 0 aliphatic rings. The molecular weight excluding hydrogens is 639 g/mol. The summed E-state index contributed by atoms with van der Waals surface area (Å²) in [4.78, 5) is 21.5. The average Bonchev–Trinajstić information content (AvgIpc) is 3.11. The lowest BCUT2D eigenvalue weighted by Gasteiger charge is -2.20. The van der Waals surface area contributed by atoms with Gasteiger partial charge >= 0.3 is 6.18 Å². The van der Waals surface area contributed by atoms with Crippen molar-refractivity contribution in [3.8, 4) is 22.8 Å². The molecule has 7 nitrogen and oxygen atoms in total. The zero-order valence-corrected chi connectivity index (χ0v) is 27.6. The summed E-state index contributed by atoms with van der Waals surface area (Å²) in [5.41, 5.74) is 1.83. The van der Waals surface area contributed by atoms with Gasteiger partial charge in [-0.15, -0.1) is 10.5 Å². The van der Waals surface area contributed by atoms with E-state index in [1.807, 2.05) is 66.0 Å². The highest BCUT2D eigenvalue weighted by atomic mass is 32.2. The van der Waals surface area contributed by atoms with Crippen LogP contribution in [0.2, 0.25) is 0 Å². The first-order valence-electron chi connectivity index (χ1n) is 15.3. The Morgan fingerprint density at radius 1 is 0.854 bits per heavy atom. The van der Waals surface area contributed by atoms with E-state index in [9.17, 15) is 18.0 Å². The molecule has 48 heavy (non-hydrogen) atoms. The van der Waals surface area contributed by atoms with Gasteiger partial charge in [-0.25, -0.2) is 9.97 Å². The van der Waals surface area contributed by atoms with Gasteiger partial charge in [-0.1, -0.05) is 72.1 Å². The molecule has 0 N–H and O–H groups in total. The Hall–Kier alpha value is -4.74. The van der Waals surface area contributed by atoms with E-state index in [4.69, 9.17) is 14.2 Å². The second kappa shape index (κ2) is 15.9. The van der Waals surface area contributed by atoms with Crippen molar-refractivity contribution in [3.63, 3.8) is 0 Å². The van der Waals surface area contributed by atoms with E-state index in [2.05, 4.69) is 9.97 Å². The third-order valence-corrected chi connectivity index (χ3v) is 9.56. The minimum atomic E-state index is -4.70. The molecule has 2 aromatic heterocycles. The van der Waals surface area contributed by atoms with Crippen molar-refractivity contribution in [2.75, 3.05) is 20.0 Å².